The quantitative estimate of drug-likeness (QED) is 0.826. The summed E-state index contributed by atoms with van der Waals surface area (Å²) in [6.45, 7) is 11.5. The van der Waals surface area contributed by atoms with Crippen LogP contribution in [0.5, 0.6) is 0 Å². The van der Waals surface area contributed by atoms with Gasteiger partial charge >= 0.3 is 0 Å². The molecule has 0 amide bonds. The minimum Gasteiger partial charge on any atom is -0.463 e. The Balaban J connectivity index is 2.42. The van der Waals surface area contributed by atoms with E-state index in [9.17, 15) is 0 Å². The first-order chi connectivity index (χ1) is 7.90. The maximum atomic E-state index is 5.79. The molecule has 1 aromatic rings. The van der Waals surface area contributed by atoms with Crippen LogP contribution in [-0.4, -0.2) is 24.0 Å². The summed E-state index contributed by atoms with van der Waals surface area (Å²) < 4.78 is 5.79. The topological polar surface area (TPSA) is 28.4 Å². The third-order valence-electron chi connectivity index (χ3n) is 2.54. The Morgan fingerprint density at radius 3 is 2.47 bits per heavy atom. The third-order valence-corrected chi connectivity index (χ3v) is 2.54. The fourth-order valence-corrected chi connectivity index (χ4v) is 1.68. The molecule has 0 aliphatic heterocycles. The molecule has 98 valence electrons. The molecule has 1 rings (SSSR count). The minimum absolute atomic E-state index is 0.131. The lowest BCUT2D eigenvalue weighted by Gasteiger charge is -2.19. The zero-order valence-electron chi connectivity index (χ0n) is 11.8. The molecule has 0 aliphatic rings. The van der Waals surface area contributed by atoms with Crippen LogP contribution in [0.4, 0.5) is 0 Å². The molecule has 1 aromatic heterocycles. The first-order valence-electron chi connectivity index (χ1n) is 6.42. The summed E-state index contributed by atoms with van der Waals surface area (Å²) in [4.78, 5) is 2.28. The van der Waals surface area contributed by atoms with E-state index in [1.807, 2.05) is 0 Å². The van der Waals surface area contributed by atoms with E-state index in [0.717, 1.165) is 31.2 Å². The molecule has 0 atom stereocenters. The predicted octanol–water partition coefficient (Wildman–Crippen LogP) is 3.01. The van der Waals surface area contributed by atoms with Gasteiger partial charge in [0.1, 0.15) is 11.5 Å². The average molecular weight is 238 g/mol. The molecule has 0 saturated carbocycles. The molecule has 0 aliphatic carbocycles. The number of rotatable bonds is 6. The summed E-state index contributed by atoms with van der Waals surface area (Å²) in [6.07, 6.45) is 1.18. The molecule has 0 aromatic carbocycles. The van der Waals surface area contributed by atoms with Crippen molar-refractivity contribution >= 4 is 0 Å². The molecule has 0 bridgehead atoms. The molecule has 17 heavy (non-hydrogen) atoms. The third kappa shape index (κ3) is 5.89. The molecule has 0 spiro atoms. The van der Waals surface area contributed by atoms with E-state index < -0.39 is 0 Å². The van der Waals surface area contributed by atoms with Crippen molar-refractivity contribution in [3.63, 3.8) is 0 Å². The van der Waals surface area contributed by atoms with Gasteiger partial charge in [-0.2, -0.15) is 0 Å². The van der Waals surface area contributed by atoms with Gasteiger partial charge in [-0.3, -0.25) is 4.90 Å². The molecule has 0 unspecified atom stereocenters. The second kappa shape index (κ2) is 6.22. The van der Waals surface area contributed by atoms with Crippen LogP contribution in [0.25, 0.3) is 0 Å². The van der Waals surface area contributed by atoms with Gasteiger partial charge in [0, 0.05) is 5.54 Å². The van der Waals surface area contributed by atoms with Gasteiger partial charge in [0.15, 0.2) is 0 Å². The predicted molar refractivity (Wildman–Crippen MR) is 71.9 cm³/mol. The molecule has 0 saturated heterocycles. The van der Waals surface area contributed by atoms with Crippen molar-refractivity contribution in [3.05, 3.63) is 23.7 Å². The van der Waals surface area contributed by atoms with Crippen molar-refractivity contribution < 1.29 is 4.42 Å². The molecule has 1 heterocycles. The monoisotopic (exact) mass is 238 g/mol. The van der Waals surface area contributed by atoms with Gasteiger partial charge < -0.3 is 9.73 Å². The highest BCUT2D eigenvalue weighted by Gasteiger charge is 2.10. The highest BCUT2D eigenvalue weighted by atomic mass is 16.3. The van der Waals surface area contributed by atoms with Crippen LogP contribution < -0.4 is 5.32 Å². The van der Waals surface area contributed by atoms with Gasteiger partial charge in [-0.05, 0) is 52.9 Å². The first kappa shape index (κ1) is 14.3. The van der Waals surface area contributed by atoms with Crippen molar-refractivity contribution in [2.24, 2.45) is 0 Å². The Hall–Kier alpha value is -0.800. The van der Waals surface area contributed by atoms with E-state index in [0.29, 0.717) is 0 Å². The zero-order valence-corrected chi connectivity index (χ0v) is 11.8. The number of hydrogen-bond donors (Lipinski definition) is 1. The van der Waals surface area contributed by atoms with Gasteiger partial charge in [0.25, 0.3) is 0 Å². The Morgan fingerprint density at radius 1 is 1.24 bits per heavy atom. The minimum atomic E-state index is 0.131. The average Bonchev–Trinajstić information content (AvgIpc) is 2.62. The highest BCUT2D eigenvalue weighted by molar-refractivity contribution is 5.07. The van der Waals surface area contributed by atoms with Crippen molar-refractivity contribution in [1.29, 1.82) is 0 Å². The highest BCUT2D eigenvalue weighted by Crippen LogP contribution is 2.11. The SMILES string of the molecule is CCCN(C)Cc1ccc(CNC(C)(C)C)o1. The largest absolute Gasteiger partial charge is 0.463 e. The van der Waals surface area contributed by atoms with E-state index in [2.05, 4.69) is 57.1 Å². The molecule has 1 N–H and O–H groups in total. The number of furan rings is 1. The second-order valence-electron chi connectivity index (χ2n) is 5.71. The van der Waals surface area contributed by atoms with Crippen LogP contribution in [0.15, 0.2) is 16.5 Å². The Bertz CT molecular complexity index is 325. The van der Waals surface area contributed by atoms with Crippen molar-refractivity contribution in [2.45, 2.75) is 52.7 Å². The lowest BCUT2D eigenvalue weighted by molar-refractivity contribution is 0.287. The number of hydrogen-bond acceptors (Lipinski definition) is 3. The molecule has 3 heteroatoms. The van der Waals surface area contributed by atoms with E-state index in [-0.39, 0.29) is 5.54 Å². The van der Waals surface area contributed by atoms with Crippen LogP contribution in [0.3, 0.4) is 0 Å². The van der Waals surface area contributed by atoms with Gasteiger partial charge in [0.05, 0.1) is 13.1 Å². The lowest BCUT2D eigenvalue weighted by atomic mass is 10.1. The fraction of sp³-hybridized carbons (Fsp3) is 0.714. The van der Waals surface area contributed by atoms with E-state index in [4.69, 9.17) is 4.42 Å². The van der Waals surface area contributed by atoms with E-state index >= 15 is 0 Å². The van der Waals surface area contributed by atoms with Crippen LogP contribution in [0.2, 0.25) is 0 Å². The standard InChI is InChI=1S/C14H26N2O/c1-6-9-16(5)11-13-8-7-12(17-13)10-15-14(2,3)4/h7-8,15H,6,9-11H2,1-5H3. The lowest BCUT2D eigenvalue weighted by Crippen LogP contribution is -2.34. The van der Waals surface area contributed by atoms with Crippen LogP contribution >= 0.6 is 0 Å². The van der Waals surface area contributed by atoms with Crippen molar-refractivity contribution in [3.8, 4) is 0 Å². The maximum absolute atomic E-state index is 5.79. The normalized spacial score (nSPS) is 12.4. The van der Waals surface area contributed by atoms with Crippen LogP contribution in [-0.2, 0) is 13.1 Å². The van der Waals surface area contributed by atoms with Crippen molar-refractivity contribution in [1.82, 2.24) is 10.2 Å². The fourth-order valence-electron chi connectivity index (χ4n) is 1.68. The van der Waals surface area contributed by atoms with Crippen LogP contribution in [0.1, 0.15) is 45.6 Å². The first-order valence-corrected chi connectivity index (χ1v) is 6.42. The smallest absolute Gasteiger partial charge is 0.118 e. The Labute approximate surface area is 105 Å². The summed E-state index contributed by atoms with van der Waals surface area (Å²) in [5.41, 5.74) is 0.131. The van der Waals surface area contributed by atoms with Crippen molar-refractivity contribution in [2.75, 3.05) is 13.6 Å². The second-order valence-corrected chi connectivity index (χ2v) is 5.71. The summed E-state index contributed by atoms with van der Waals surface area (Å²) in [7, 11) is 2.12. The van der Waals surface area contributed by atoms with Gasteiger partial charge in [-0.1, -0.05) is 6.92 Å². The molecular formula is C14H26N2O. The summed E-state index contributed by atoms with van der Waals surface area (Å²) in [5, 5.41) is 3.42. The van der Waals surface area contributed by atoms with Crippen LogP contribution in [0, 0.1) is 0 Å². The molecule has 0 radical (unpaired) electrons. The molecular weight excluding hydrogens is 212 g/mol. The van der Waals surface area contributed by atoms with E-state index in [1.165, 1.54) is 6.42 Å². The summed E-state index contributed by atoms with van der Waals surface area (Å²) in [6, 6.07) is 4.14. The van der Waals surface area contributed by atoms with Gasteiger partial charge in [0.2, 0.25) is 0 Å². The van der Waals surface area contributed by atoms with Gasteiger partial charge in [-0.25, -0.2) is 0 Å². The zero-order chi connectivity index (χ0) is 12.9. The summed E-state index contributed by atoms with van der Waals surface area (Å²) >= 11 is 0. The Morgan fingerprint density at radius 2 is 1.88 bits per heavy atom. The maximum Gasteiger partial charge on any atom is 0.118 e. The molecule has 3 nitrogen and oxygen atoms in total. The Kier molecular flexibility index (Phi) is 5.22. The summed E-state index contributed by atoms with van der Waals surface area (Å²) in [5.74, 6) is 2.06. The van der Waals surface area contributed by atoms with E-state index in [1.54, 1.807) is 0 Å². The number of nitrogens with zero attached hydrogens (tertiary/aromatic N) is 1. The van der Waals surface area contributed by atoms with Gasteiger partial charge in [-0.15, -0.1) is 0 Å². The number of nitrogens with one attached hydrogen (secondary N) is 1. The molecule has 0 fully saturated rings.